The molecule has 0 aromatic heterocycles. The molecule has 0 bridgehead atoms. The summed E-state index contributed by atoms with van der Waals surface area (Å²) in [5, 5.41) is 3.61. The van der Waals surface area contributed by atoms with Crippen LogP contribution in [0.15, 0.2) is 0 Å². The molecule has 0 radical (unpaired) electrons. The van der Waals surface area contributed by atoms with Crippen molar-refractivity contribution in [2.24, 2.45) is 5.92 Å². The molecule has 1 rings (SSSR count). The average molecular weight is 184 g/mol. The predicted octanol–water partition coefficient (Wildman–Crippen LogP) is 1.72. The molecular formula is C11H24N2. The smallest absolute Gasteiger partial charge is 0.00510 e. The second kappa shape index (κ2) is 5.61. The molecule has 0 spiro atoms. The maximum absolute atomic E-state index is 3.61. The van der Waals surface area contributed by atoms with Crippen molar-refractivity contribution in [2.45, 2.75) is 38.6 Å². The van der Waals surface area contributed by atoms with Crippen LogP contribution in [0.5, 0.6) is 0 Å². The van der Waals surface area contributed by atoms with Crippen LogP contribution in [-0.4, -0.2) is 38.1 Å². The van der Waals surface area contributed by atoms with Crippen molar-refractivity contribution in [1.29, 1.82) is 0 Å². The van der Waals surface area contributed by atoms with Gasteiger partial charge in [0.2, 0.25) is 0 Å². The van der Waals surface area contributed by atoms with E-state index < -0.39 is 0 Å². The van der Waals surface area contributed by atoms with Crippen LogP contribution in [-0.2, 0) is 0 Å². The summed E-state index contributed by atoms with van der Waals surface area (Å²) >= 11 is 0. The second-order valence-electron chi connectivity index (χ2n) is 4.70. The Hall–Kier alpha value is -0.0800. The van der Waals surface area contributed by atoms with Gasteiger partial charge in [-0.05, 0) is 59.3 Å². The largest absolute Gasteiger partial charge is 0.314 e. The van der Waals surface area contributed by atoms with Crippen molar-refractivity contribution in [2.75, 3.05) is 27.2 Å². The molecule has 0 heterocycles. The van der Waals surface area contributed by atoms with Crippen molar-refractivity contribution < 1.29 is 0 Å². The van der Waals surface area contributed by atoms with Crippen molar-refractivity contribution in [3.05, 3.63) is 0 Å². The van der Waals surface area contributed by atoms with E-state index in [4.69, 9.17) is 0 Å². The Balaban J connectivity index is 1.93. The minimum absolute atomic E-state index is 0.683. The molecule has 1 N–H and O–H groups in total. The predicted molar refractivity (Wildman–Crippen MR) is 58.0 cm³/mol. The van der Waals surface area contributed by atoms with Gasteiger partial charge in [0, 0.05) is 6.04 Å². The molecule has 2 nitrogen and oxygen atoms in total. The van der Waals surface area contributed by atoms with Crippen LogP contribution in [0, 0.1) is 5.92 Å². The first-order valence-electron chi connectivity index (χ1n) is 5.56. The lowest BCUT2D eigenvalue weighted by molar-refractivity contribution is 0.282. The highest BCUT2D eigenvalue weighted by molar-refractivity contribution is 4.73. The van der Waals surface area contributed by atoms with E-state index in [1.807, 2.05) is 0 Å². The summed E-state index contributed by atoms with van der Waals surface area (Å²) in [6, 6.07) is 0.683. The Labute approximate surface area is 82.7 Å². The quantitative estimate of drug-likeness (QED) is 0.676. The van der Waals surface area contributed by atoms with Crippen LogP contribution in [0.1, 0.15) is 32.6 Å². The van der Waals surface area contributed by atoms with E-state index in [1.165, 1.54) is 38.8 Å². The molecule has 13 heavy (non-hydrogen) atoms. The number of rotatable bonds is 6. The second-order valence-corrected chi connectivity index (χ2v) is 4.70. The van der Waals surface area contributed by atoms with Gasteiger partial charge in [-0.25, -0.2) is 0 Å². The molecule has 78 valence electrons. The van der Waals surface area contributed by atoms with Crippen molar-refractivity contribution in [3.8, 4) is 0 Å². The third-order valence-electron chi connectivity index (χ3n) is 2.99. The van der Waals surface area contributed by atoms with E-state index >= 15 is 0 Å². The highest BCUT2D eigenvalue weighted by Crippen LogP contribution is 2.25. The summed E-state index contributed by atoms with van der Waals surface area (Å²) in [6.07, 6.45) is 5.62. The zero-order valence-corrected chi connectivity index (χ0v) is 9.34. The minimum atomic E-state index is 0.683. The first-order valence-corrected chi connectivity index (χ1v) is 5.56. The van der Waals surface area contributed by atoms with Crippen LogP contribution >= 0.6 is 0 Å². The molecule has 1 saturated carbocycles. The fourth-order valence-corrected chi connectivity index (χ4v) is 1.62. The number of hydrogen-bond donors (Lipinski definition) is 1. The number of hydrogen-bond acceptors (Lipinski definition) is 2. The number of nitrogens with zero attached hydrogens (tertiary/aromatic N) is 1. The minimum Gasteiger partial charge on any atom is -0.314 e. The Bertz CT molecular complexity index is 130. The molecule has 1 aliphatic carbocycles. The highest BCUT2D eigenvalue weighted by Gasteiger charge is 2.17. The van der Waals surface area contributed by atoms with Gasteiger partial charge in [0.05, 0.1) is 0 Å². The third kappa shape index (κ3) is 4.63. The molecule has 1 fully saturated rings. The van der Waals surface area contributed by atoms with Gasteiger partial charge in [0.25, 0.3) is 0 Å². The van der Waals surface area contributed by atoms with Gasteiger partial charge in [-0.2, -0.15) is 0 Å². The van der Waals surface area contributed by atoms with E-state index in [1.54, 1.807) is 0 Å². The summed E-state index contributed by atoms with van der Waals surface area (Å²) in [5.41, 5.74) is 0. The standard InChI is InChI=1S/C11H24N2/c1-10(7-8-13(2)3)12-9-11-5-4-6-11/h10-12H,4-9H2,1-3H3. The topological polar surface area (TPSA) is 15.3 Å². The Morgan fingerprint density at radius 1 is 1.38 bits per heavy atom. The summed E-state index contributed by atoms with van der Waals surface area (Å²) in [5.74, 6) is 0.988. The molecule has 0 aliphatic heterocycles. The monoisotopic (exact) mass is 184 g/mol. The van der Waals surface area contributed by atoms with E-state index in [0.29, 0.717) is 6.04 Å². The number of nitrogens with one attached hydrogen (secondary N) is 1. The zero-order chi connectivity index (χ0) is 9.68. The van der Waals surface area contributed by atoms with Crippen molar-refractivity contribution >= 4 is 0 Å². The van der Waals surface area contributed by atoms with E-state index in [2.05, 4.69) is 31.2 Å². The van der Waals surface area contributed by atoms with Crippen LogP contribution < -0.4 is 5.32 Å². The van der Waals surface area contributed by atoms with Gasteiger partial charge in [-0.15, -0.1) is 0 Å². The fraction of sp³-hybridized carbons (Fsp3) is 1.00. The summed E-state index contributed by atoms with van der Waals surface area (Å²) in [7, 11) is 4.28. The summed E-state index contributed by atoms with van der Waals surface area (Å²) in [4.78, 5) is 2.25. The molecular weight excluding hydrogens is 160 g/mol. The lowest BCUT2D eigenvalue weighted by Crippen LogP contribution is -2.35. The van der Waals surface area contributed by atoms with E-state index in [-0.39, 0.29) is 0 Å². The third-order valence-corrected chi connectivity index (χ3v) is 2.99. The van der Waals surface area contributed by atoms with Crippen LogP contribution in [0.25, 0.3) is 0 Å². The summed E-state index contributed by atoms with van der Waals surface area (Å²) < 4.78 is 0. The molecule has 0 aromatic carbocycles. The van der Waals surface area contributed by atoms with Crippen LogP contribution in [0.3, 0.4) is 0 Å². The van der Waals surface area contributed by atoms with E-state index in [9.17, 15) is 0 Å². The average Bonchev–Trinajstić information content (AvgIpc) is 1.98. The van der Waals surface area contributed by atoms with Crippen molar-refractivity contribution in [3.63, 3.8) is 0 Å². The highest BCUT2D eigenvalue weighted by atomic mass is 15.1. The lowest BCUT2D eigenvalue weighted by atomic mass is 9.85. The molecule has 1 unspecified atom stereocenters. The lowest BCUT2D eigenvalue weighted by Gasteiger charge is -2.27. The Morgan fingerprint density at radius 2 is 2.08 bits per heavy atom. The Morgan fingerprint density at radius 3 is 2.54 bits per heavy atom. The van der Waals surface area contributed by atoms with Crippen molar-refractivity contribution in [1.82, 2.24) is 10.2 Å². The van der Waals surface area contributed by atoms with Gasteiger partial charge in [-0.1, -0.05) is 6.42 Å². The summed E-state index contributed by atoms with van der Waals surface area (Å²) in [6.45, 7) is 4.73. The zero-order valence-electron chi connectivity index (χ0n) is 9.34. The molecule has 2 heteroatoms. The SMILES string of the molecule is CC(CCN(C)C)NCC1CCC1. The maximum atomic E-state index is 3.61. The van der Waals surface area contributed by atoms with Crippen LogP contribution in [0.2, 0.25) is 0 Å². The molecule has 1 atom stereocenters. The van der Waals surface area contributed by atoms with Gasteiger partial charge < -0.3 is 10.2 Å². The van der Waals surface area contributed by atoms with Crippen LogP contribution in [0.4, 0.5) is 0 Å². The maximum Gasteiger partial charge on any atom is 0.00510 e. The fourth-order valence-electron chi connectivity index (χ4n) is 1.62. The molecule has 0 aromatic rings. The van der Waals surface area contributed by atoms with Gasteiger partial charge in [0.1, 0.15) is 0 Å². The normalized spacial score (nSPS) is 20.3. The first kappa shape index (κ1) is 11.0. The Kier molecular flexibility index (Phi) is 4.74. The molecule has 0 amide bonds. The van der Waals surface area contributed by atoms with Gasteiger partial charge in [0.15, 0.2) is 0 Å². The van der Waals surface area contributed by atoms with Gasteiger partial charge >= 0.3 is 0 Å². The van der Waals surface area contributed by atoms with E-state index in [0.717, 1.165) is 5.92 Å². The first-order chi connectivity index (χ1) is 6.18. The molecule has 0 saturated heterocycles. The van der Waals surface area contributed by atoms with Gasteiger partial charge in [-0.3, -0.25) is 0 Å². The molecule has 1 aliphatic rings.